The van der Waals surface area contributed by atoms with Gasteiger partial charge in [-0.05, 0) is 69.5 Å². The smallest absolute Gasteiger partial charge is 0.0468 e. The summed E-state index contributed by atoms with van der Waals surface area (Å²) >= 11 is 2.08. The highest BCUT2D eigenvalue weighted by molar-refractivity contribution is 7.12. The monoisotopic (exact) mass is 293 g/mol. The van der Waals surface area contributed by atoms with Crippen LogP contribution in [0.15, 0.2) is 6.07 Å². The molecule has 1 aromatic heterocycles. The SMILES string of the molecule is CNC(CC1CCOCC1)c1cc2c(s1)CCCCC2. The van der Waals surface area contributed by atoms with Gasteiger partial charge in [0.05, 0.1) is 0 Å². The molecule has 2 nitrogen and oxygen atoms in total. The van der Waals surface area contributed by atoms with Gasteiger partial charge in [-0.2, -0.15) is 0 Å². The zero-order valence-corrected chi connectivity index (χ0v) is 13.4. The van der Waals surface area contributed by atoms with Gasteiger partial charge in [0.1, 0.15) is 0 Å². The second kappa shape index (κ2) is 7.06. The number of hydrogen-bond donors (Lipinski definition) is 1. The summed E-state index contributed by atoms with van der Waals surface area (Å²) in [5.41, 5.74) is 1.65. The molecule has 0 saturated carbocycles. The summed E-state index contributed by atoms with van der Waals surface area (Å²) in [6.45, 7) is 1.92. The van der Waals surface area contributed by atoms with Gasteiger partial charge in [-0.15, -0.1) is 11.3 Å². The van der Waals surface area contributed by atoms with Gasteiger partial charge >= 0.3 is 0 Å². The van der Waals surface area contributed by atoms with Crippen molar-refractivity contribution in [1.29, 1.82) is 0 Å². The lowest BCUT2D eigenvalue weighted by molar-refractivity contribution is 0.0609. The van der Waals surface area contributed by atoms with Gasteiger partial charge < -0.3 is 10.1 Å². The average molecular weight is 293 g/mol. The number of thiophene rings is 1. The molecule has 0 aromatic carbocycles. The molecule has 0 bridgehead atoms. The van der Waals surface area contributed by atoms with E-state index in [-0.39, 0.29) is 0 Å². The van der Waals surface area contributed by atoms with E-state index >= 15 is 0 Å². The average Bonchev–Trinajstić information content (AvgIpc) is 2.76. The third kappa shape index (κ3) is 3.44. The molecule has 20 heavy (non-hydrogen) atoms. The van der Waals surface area contributed by atoms with E-state index in [9.17, 15) is 0 Å². The topological polar surface area (TPSA) is 21.3 Å². The largest absolute Gasteiger partial charge is 0.381 e. The molecule has 1 aliphatic heterocycles. The molecule has 2 heterocycles. The molecule has 1 unspecified atom stereocenters. The van der Waals surface area contributed by atoms with E-state index in [0.29, 0.717) is 6.04 Å². The molecule has 3 rings (SSSR count). The first-order valence-corrected chi connectivity index (χ1v) is 9.05. The van der Waals surface area contributed by atoms with E-state index in [1.807, 2.05) is 0 Å². The van der Waals surface area contributed by atoms with Crippen LogP contribution in [0.5, 0.6) is 0 Å². The van der Waals surface area contributed by atoms with E-state index in [1.54, 1.807) is 15.3 Å². The Kier molecular flexibility index (Phi) is 5.14. The van der Waals surface area contributed by atoms with Crippen LogP contribution in [0.25, 0.3) is 0 Å². The van der Waals surface area contributed by atoms with Gasteiger partial charge in [-0.25, -0.2) is 0 Å². The summed E-state index contributed by atoms with van der Waals surface area (Å²) in [4.78, 5) is 3.25. The van der Waals surface area contributed by atoms with Gasteiger partial charge in [-0.3, -0.25) is 0 Å². The van der Waals surface area contributed by atoms with Crippen molar-refractivity contribution in [3.05, 3.63) is 21.4 Å². The van der Waals surface area contributed by atoms with Crippen molar-refractivity contribution in [3.63, 3.8) is 0 Å². The lowest BCUT2D eigenvalue weighted by Crippen LogP contribution is -2.23. The number of aryl methyl sites for hydroxylation is 2. The molecule has 0 amide bonds. The molecule has 0 spiro atoms. The highest BCUT2D eigenvalue weighted by Gasteiger charge is 2.22. The molecule has 3 heteroatoms. The van der Waals surface area contributed by atoms with Crippen LogP contribution >= 0.6 is 11.3 Å². The van der Waals surface area contributed by atoms with Gasteiger partial charge in [0.15, 0.2) is 0 Å². The number of ether oxygens (including phenoxy) is 1. The fourth-order valence-corrected chi connectivity index (χ4v) is 4.93. The molecule has 1 aliphatic carbocycles. The van der Waals surface area contributed by atoms with Crippen LogP contribution in [-0.4, -0.2) is 20.3 Å². The van der Waals surface area contributed by atoms with Crippen LogP contribution in [0.4, 0.5) is 0 Å². The van der Waals surface area contributed by atoms with E-state index in [1.165, 1.54) is 51.4 Å². The second-order valence-corrected chi connectivity index (χ2v) is 7.46. The lowest BCUT2D eigenvalue weighted by Gasteiger charge is -2.26. The zero-order valence-electron chi connectivity index (χ0n) is 12.6. The van der Waals surface area contributed by atoms with Crippen molar-refractivity contribution < 1.29 is 4.74 Å². The Bertz CT molecular complexity index is 399. The van der Waals surface area contributed by atoms with E-state index in [0.717, 1.165) is 19.1 Å². The Morgan fingerprint density at radius 2 is 2.05 bits per heavy atom. The number of hydrogen-bond acceptors (Lipinski definition) is 3. The van der Waals surface area contributed by atoms with Crippen molar-refractivity contribution in [3.8, 4) is 0 Å². The van der Waals surface area contributed by atoms with E-state index in [4.69, 9.17) is 4.74 Å². The normalized spacial score (nSPS) is 22.2. The first-order chi connectivity index (χ1) is 9.86. The number of fused-ring (bicyclic) bond motifs is 1. The van der Waals surface area contributed by atoms with Gasteiger partial charge in [0.25, 0.3) is 0 Å². The van der Waals surface area contributed by atoms with Crippen molar-refractivity contribution in [2.75, 3.05) is 20.3 Å². The first-order valence-electron chi connectivity index (χ1n) is 8.23. The predicted octanol–water partition coefficient (Wildman–Crippen LogP) is 4.09. The summed E-state index contributed by atoms with van der Waals surface area (Å²) in [5, 5.41) is 3.56. The third-order valence-electron chi connectivity index (χ3n) is 4.87. The maximum Gasteiger partial charge on any atom is 0.0468 e. The Morgan fingerprint density at radius 3 is 2.85 bits per heavy atom. The van der Waals surface area contributed by atoms with Crippen molar-refractivity contribution in [2.24, 2.45) is 5.92 Å². The summed E-state index contributed by atoms with van der Waals surface area (Å²) in [6, 6.07) is 3.06. The molecule has 1 N–H and O–H groups in total. The van der Waals surface area contributed by atoms with Crippen LogP contribution in [-0.2, 0) is 17.6 Å². The van der Waals surface area contributed by atoms with Crippen LogP contribution in [0.1, 0.15) is 59.9 Å². The highest BCUT2D eigenvalue weighted by Crippen LogP contribution is 2.35. The Labute approximate surface area is 126 Å². The Morgan fingerprint density at radius 1 is 1.25 bits per heavy atom. The second-order valence-electron chi connectivity index (χ2n) is 6.29. The minimum atomic E-state index is 0.551. The van der Waals surface area contributed by atoms with Crippen LogP contribution in [0, 0.1) is 5.92 Å². The van der Waals surface area contributed by atoms with Crippen LogP contribution < -0.4 is 5.32 Å². The van der Waals surface area contributed by atoms with Gasteiger partial charge in [0.2, 0.25) is 0 Å². The zero-order chi connectivity index (χ0) is 13.8. The van der Waals surface area contributed by atoms with Crippen LogP contribution in [0.3, 0.4) is 0 Å². The first kappa shape index (κ1) is 14.6. The minimum Gasteiger partial charge on any atom is -0.381 e. The summed E-state index contributed by atoms with van der Waals surface area (Å²) in [7, 11) is 2.12. The molecule has 0 radical (unpaired) electrons. The standard InChI is InChI=1S/C17H27NOS/c1-18-15(11-13-7-9-19-10-8-13)17-12-14-5-3-2-4-6-16(14)20-17/h12-13,15,18H,2-11H2,1H3. The summed E-state index contributed by atoms with van der Waals surface area (Å²) < 4.78 is 5.48. The summed E-state index contributed by atoms with van der Waals surface area (Å²) in [6.07, 6.45) is 10.6. The van der Waals surface area contributed by atoms with Crippen molar-refractivity contribution >= 4 is 11.3 Å². The lowest BCUT2D eigenvalue weighted by atomic mass is 9.92. The number of nitrogens with one attached hydrogen (secondary N) is 1. The molecule has 2 aliphatic rings. The molecule has 1 saturated heterocycles. The van der Waals surface area contributed by atoms with Crippen molar-refractivity contribution in [1.82, 2.24) is 5.32 Å². The summed E-state index contributed by atoms with van der Waals surface area (Å²) in [5.74, 6) is 0.836. The highest BCUT2D eigenvalue weighted by atomic mass is 32.1. The predicted molar refractivity (Wildman–Crippen MR) is 85.5 cm³/mol. The Balaban J connectivity index is 1.68. The quantitative estimate of drug-likeness (QED) is 0.844. The molecular formula is C17H27NOS. The van der Waals surface area contributed by atoms with Gasteiger partial charge in [-0.1, -0.05) is 6.42 Å². The minimum absolute atomic E-state index is 0.551. The molecule has 1 atom stereocenters. The van der Waals surface area contributed by atoms with Gasteiger partial charge in [0, 0.05) is 29.0 Å². The molecule has 1 aromatic rings. The fraction of sp³-hybridized carbons (Fsp3) is 0.765. The maximum atomic E-state index is 5.48. The van der Waals surface area contributed by atoms with E-state index in [2.05, 4.69) is 29.8 Å². The van der Waals surface area contributed by atoms with Crippen molar-refractivity contribution in [2.45, 2.75) is 57.4 Å². The van der Waals surface area contributed by atoms with E-state index < -0.39 is 0 Å². The Hall–Kier alpha value is -0.380. The molecule has 1 fully saturated rings. The number of rotatable bonds is 4. The third-order valence-corrected chi connectivity index (χ3v) is 6.22. The fourth-order valence-electron chi connectivity index (χ4n) is 3.55. The molecular weight excluding hydrogens is 266 g/mol. The maximum absolute atomic E-state index is 5.48. The van der Waals surface area contributed by atoms with Crippen LogP contribution in [0.2, 0.25) is 0 Å². The molecule has 112 valence electrons.